The number of hydrogen-bond acceptors (Lipinski definition) is 2. The van der Waals surface area contributed by atoms with Gasteiger partial charge in [-0.05, 0) is 18.8 Å². The Morgan fingerprint density at radius 3 is 2.12 bits per heavy atom. The summed E-state index contributed by atoms with van der Waals surface area (Å²) in [6.45, 7) is 9.93. The van der Waals surface area contributed by atoms with Crippen LogP contribution < -0.4 is 0 Å². The summed E-state index contributed by atoms with van der Waals surface area (Å²) < 4.78 is 5.21. The summed E-state index contributed by atoms with van der Waals surface area (Å²) in [7, 11) is 1.78. The van der Waals surface area contributed by atoms with Crippen LogP contribution in [0.3, 0.4) is 0 Å². The van der Waals surface area contributed by atoms with Crippen LogP contribution in [0.1, 0.15) is 40.0 Å². The maximum atomic E-state index is 5.21. The summed E-state index contributed by atoms with van der Waals surface area (Å²) >= 11 is 3.61. The molecule has 1 atom stereocenters. The maximum Gasteiger partial charge on any atom is 0.0589 e. The van der Waals surface area contributed by atoms with E-state index in [0.29, 0.717) is 6.04 Å². The average molecular weight is 294 g/mol. The van der Waals surface area contributed by atoms with Crippen molar-refractivity contribution in [3.63, 3.8) is 0 Å². The quantitative estimate of drug-likeness (QED) is 0.571. The second-order valence-corrected chi connectivity index (χ2v) is 5.03. The first-order valence-electron chi connectivity index (χ1n) is 6.52. The first-order chi connectivity index (χ1) is 7.73. The van der Waals surface area contributed by atoms with E-state index < -0.39 is 0 Å². The van der Waals surface area contributed by atoms with E-state index in [1.165, 1.54) is 25.8 Å². The molecule has 1 unspecified atom stereocenters. The van der Waals surface area contributed by atoms with E-state index >= 15 is 0 Å². The van der Waals surface area contributed by atoms with Crippen LogP contribution in [0.2, 0.25) is 0 Å². The second-order valence-electron chi connectivity index (χ2n) is 4.39. The summed E-state index contributed by atoms with van der Waals surface area (Å²) in [6.07, 6.45) is 3.72. The number of hydrogen-bond donors (Lipinski definition) is 0. The van der Waals surface area contributed by atoms with Gasteiger partial charge in [-0.25, -0.2) is 0 Å². The first-order valence-corrected chi connectivity index (χ1v) is 7.64. The highest BCUT2D eigenvalue weighted by Crippen LogP contribution is 2.15. The summed E-state index contributed by atoms with van der Waals surface area (Å²) in [5.74, 6) is 0.762. The molecule has 0 rings (SSSR count). The van der Waals surface area contributed by atoms with E-state index in [-0.39, 0.29) is 0 Å². The van der Waals surface area contributed by atoms with Gasteiger partial charge in [0.1, 0.15) is 0 Å². The van der Waals surface area contributed by atoms with E-state index in [2.05, 4.69) is 41.6 Å². The molecular formula is C13H28BrNO. The third-order valence-electron chi connectivity index (χ3n) is 3.33. The first kappa shape index (κ1) is 16.4. The minimum Gasteiger partial charge on any atom is -0.383 e. The highest BCUT2D eigenvalue weighted by atomic mass is 79.9. The fourth-order valence-corrected chi connectivity index (χ4v) is 2.72. The van der Waals surface area contributed by atoms with E-state index in [9.17, 15) is 0 Å². The Balaban J connectivity index is 4.27. The van der Waals surface area contributed by atoms with Crippen molar-refractivity contribution in [3.8, 4) is 0 Å². The molecule has 0 aliphatic carbocycles. The van der Waals surface area contributed by atoms with Crippen molar-refractivity contribution in [3.05, 3.63) is 0 Å². The maximum absolute atomic E-state index is 5.21. The van der Waals surface area contributed by atoms with Gasteiger partial charge in [0.05, 0.1) is 6.61 Å². The Kier molecular flexibility index (Phi) is 10.8. The number of rotatable bonds is 10. The lowest BCUT2D eigenvalue weighted by molar-refractivity contribution is 0.104. The van der Waals surface area contributed by atoms with Crippen molar-refractivity contribution in [1.29, 1.82) is 0 Å². The number of halogens is 1. The molecule has 0 fully saturated rings. The van der Waals surface area contributed by atoms with Crippen molar-refractivity contribution in [2.24, 2.45) is 5.92 Å². The standard InChI is InChI=1S/C13H28BrNO/c1-5-12(10-14)11-15(8-9-16-4)13(6-2)7-3/h12-13H,5-11H2,1-4H3. The summed E-state index contributed by atoms with van der Waals surface area (Å²) in [4.78, 5) is 2.60. The van der Waals surface area contributed by atoms with E-state index in [1.54, 1.807) is 7.11 Å². The van der Waals surface area contributed by atoms with Crippen LogP contribution in [0.4, 0.5) is 0 Å². The minimum absolute atomic E-state index is 0.711. The molecule has 0 aromatic carbocycles. The molecule has 0 saturated carbocycles. The number of alkyl halides is 1. The highest BCUT2D eigenvalue weighted by Gasteiger charge is 2.18. The average Bonchev–Trinajstić information content (AvgIpc) is 2.33. The zero-order valence-corrected chi connectivity index (χ0v) is 12.9. The number of methoxy groups -OCH3 is 1. The van der Waals surface area contributed by atoms with Crippen LogP contribution in [-0.2, 0) is 4.74 Å². The number of nitrogens with zero attached hydrogens (tertiary/aromatic N) is 1. The van der Waals surface area contributed by atoms with E-state index in [0.717, 1.165) is 24.4 Å². The van der Waals surface area contributed by atoms with Crippen LogP contribution in [0.15, 0.2) is 0 Å². The van der Waals surface area contributed by atoms with Crippen molar-refractivity contribution in [1.82, 2.24) is 4.90 Å². The van der Waals surface area contributed by atoms with Gasteiger partial charge in [-0.3, -0.25) is 4.90 Å². The monoisotopic (exact) mass is 293 g/mol. The minimum atomic E-state index is 0.711. The lowest BCUT2D eigenvalue weighted by atomic mass is 10.0. The molecule has 0 N–H and O–H groups in total. The molecule has 0 heterocycles. The predicted octanol–water partition coefficient (Wildman–Crippen LogP) is 3.54. The van der Waals surface area contributed by atoms with Crippen LogP contribution in [-0.4, -0.2) is 43.1 Å². The predicted molar refractivity (Wildman–Crippen MR) is 75.4 cm³/mol. The van der Waals surface area contributed by atoms with Crippen LogP contribution in [0, 0.1) is 5.92 Å². The molecule has 16 heavy (non-hydrogen) atoms. The van der Waals surface area contributed by atoms with Crippen LogP contribution in [0.25, 0.3) is 0 Å². The molecule has 0 radical (unpaired) electrons. The Hall–Kier alpha value is 0.400. The summed E-state index contributed by atoms with van der Waals surface area (Å²) in [5.41, 5.74) is 0. The lowest BCUT2D eigenvalue weighted by Gasteiger charge is -2.32. The van der Waals surface area contributed by atoms with Crippen molar-refractivity contribution < 1.29 is 4.74 Å². The topological polar surface area (TPSA) is 12.5 Å². The second kappa shape index (κ2) is 10.5. The van der Waals surface area contributed by atoms with Crippen LogP contribution >= 0.6 is 15.9 Å². The molecule has 0 spiro atoms. The van der Waals surface area contributed by atoms with Crippen molar-refractivity contribution in [2.45, 2.75) is 46.1 Å². The lowest BCUT2D eigenvalue weighted by Crippen LogP contribution is -2.40. The Morgan fingerprint density at radius 2 is 1.75 bits per heavy atom. The molecule has 2 nitrogen and oxygen atoms in total. The molecule has 0 amide bonds. The van der Waals surface area contributed by atoms with Gasteiger partial charge in [-0.1, -0.05) is 43.1 Å². The largest absolute Gasteiger partial charge is 0.383 e. The number of ether oxygens (including phenoxy) is 1. The van der Waals surface area contributed by atoms with Gasteiger partial charge in [-0.15, -0.1) is 0 Å². The van der Waals surface area contributed by atoms with Gasteiger partial charge in [0.2, 0.25) is 0 Å². The molecular weight excluding hydrogens is 266 g/mol. The normalized spacial score (nSPS) is 13.7. The van der Waals surface area contributed by atoms with Crippen LogP contribution in [0.5, 0.6) is 0 Å². The Labute approximate surface area is 110 Å². The van der Waals surface area contributed by atoms with Gasteiger partial charge in [0.15, 0.2) is 0 Å². The third kappa shape index (κ3) is 6.21. The van der Waals surface area contributed by atoms with Crippen molar-refractivity contribution >= 4 is 15.9 Å². The summed E-state index contributed by atoms with van der Waals surface area (Å²) in [5, 5.41) is 1.10. The fourth-order valence-electron chi connectivity index (χ4n) is 2.06. The molecule has 0 aliphatic heterocycles. The molecule has 0 aromatic heterocycles. The molecule has 0 aliphatic rings. The van der Waals surface area contributed by atoms with Gasteiger partial charge >= 0.3 is 0 Å². The van der Waals surface area contributed by atoms with Gasteiger partial charge in [0.25, 0.3) is 0 Å². The molecule has 3 heteroatoms. The molecule has 0 aromatic rings. The zero-order chi connectivity index (χ0) is 12.4. The summed E-state index contributed by atoms with van der Waals surface area (Å²) in [6, 6.07) is 0.711. The smallest absolute Gasteiger partial charge is 0.0589 e. The molecule has 0 saturated heterocycles. The van der Waals surface area contributed by atoms with Crippen molar-refractivity contribution in [2.75, 3.05) is 32.1 Å². The van der Waals surface area contributed by atoms with Gasteiger partial charge in [0, 0.05) is 31.6 Å². The SMILES string of the molecule is CCC(CBr)CN(CCOC)C(CC)CC. The fraction of sp³-hybridized carbons (Fsp3) is 1.00. The molecule has 98 valence electrons. The van der Waals surface area contributed by atoms with Gasteiger partial charge in [-0.2, -0.15) is 0 Å². The van der Waals surface area contributed by atoms with Gasteiger partial charge < -0.3 is 4.74 Å². The molecule has 0 bridgehead atoms. The van der Waals surface area contributed by atoms with E-state index in [4.69, 9.17) is 4.74 Å². The van der Waals surface area contributed by atoms with E-state index in [1.807, 2.05) is 0 Å². The highest BCUT2D eigenvalue weighted by molar-refractivity contribution is 9.09. The third-order valence-corrected chi connectivity index (χ3v) is 4.25. The Bertz CT molecular complexity index is 147. The zero-order valence-electron chi connectivity index (χ0n) is 11.3. The Morgan fingerprint density at radius 1 is 1.12 bits per heavy atom.